The van der Waals surface area contributed by atoms with E-state index < -0.39 is 0 Å². The Kier molecular flexibility index (Phi) is 4.78. The minimum absolute atomic E-state index is 0.0170. The number of aryl methyl sites for hydroxylation is 1. The highest BCUT2D eigenvalue weighted by atomic mass is 16.1. The molecular weight excluding hydrogens is 322 g/mol. The van der Waals surface area contributed by atoms with Crippen molar-refractivity contribution in [2.45, 2.75) is 65.3 Å². The largest absolute Gasteiger partial charge is 0.350 e. The lowest BCUT2D eigenvalue weighted by Gasteiger charge is -2.19. The topological polar surface area (TPSA) is 46.9 Å². The first kappa shape index (κ1) is 18.4. The van der Waals surface area contributed by atoms with E-state index in [9.17, 15) is 4.79 Å². The van der Waals surface area contributed by atoms with Crippen LogP contribution in [0.1, 0.15) is 62.5 Å². The lowest BCUT2D eigenvalue weighted by Crippen LogP contribution is -2.30. The van der Waals surface area contributed by atoms with E-state index in [2.05, 4.69) is 76.4 Å². The third kappa shape index (κ3) is 3.59. The summed E-state index contributed by atoms with van der Waals surface area (Å²) >= 11 is 0. The van der Waals surface area contributed by atoms with Crippen molar-refractivity contribution < 1.29 is 4.79 Å². The van der Waals surface area contributed by atoms with Gasteiger partial charge in [0, 0.05) is 30.1 Å². The van der Waals surface area contributed by atoms with E-state index >= 15 is 0 Å². The van der Waals surface area contributed by atoms with Crippen molar-refractivity contribution in [3.8, 4) is 5.69 Å². The molecule has 2 aromatic rings. The Balaban J connectivity index is 1.87. The monoisotopic (exact) mass is 351 g/mol. The Morgan fingerprint density at radius 3 is 2.38 bits per heavy atom. The minimum Gasteiger partial charge on any atom is -0.350 e. The normalized spacial score (nSPS) is 19.8. The van der Waals surface area contributed by atoms with Gasteiger partial charge in [0.15, 0.2) is 0 Å². The molecule has 0 saturated heterocycles. The van der Waals surface area contributed by atoms with Crippen LogP contribution in [0, 0.1) is 13.8 Å². The number of benzene rings is 1. The van der Waals surface area contributed by atoms with Crippen LogP contribution in [-0.4, -0.2) is 21.7 Å². The lowest BCUT2D eigenvalue weighted by atomic mass is 9.87. The molecule has 0 radical (unpaired) electrons. The molecule has 1 aromatic heterocycles. The molecular formula is C22H29N3O. The predicted octanol–water partition coefficient (Wildman–Crippen LogP) is 4.33. The van der Waals surface area contributed by atoms with Crippen molar-refractivity contribution >= 4 is 5.91 Å². The Bertz CT molecular complexity index is 838. The number of nitrogens with one attached hydrogen (secondary N) is 1. The number of hydrogen-bond donors (Lipinski definition) is 1. The van der Waals surface area contributed by atoms with Gasteiger partial charge >= 0.3 is 0 Å². The Morgan fingerprint density at radius 2 is 1.81 bits per heavy atom. The number of rotatable bonds is 3. The maximum absolute atomic E-state index is 11.3. The van der Waals surface area contributed by atoms with Crippen LogP contribution in [0.3, 0.4) is 0 Å². The van der Waals surface area contributed by atoms with Crippen molar-refractivity contribution in [1.82, 2.24) is 15.1 Å². The second kappa shape index (κ2) is 6.75. The highest BCUT2D eigenvalue weighted by Crippen LogP contribution is 2.34. The molecule has 0 saturated carbocycles. The van der Waals surface area contributed by atoms with E-state index in [-0.39, 0.29) is 17.4 Å². The molecule has 1 N–H and O–H groups in total. The first-order valence-electron chi connectivity index (χ1n) is 9.29. The molecule has 4 heteroatoms. The van der Waals surface area contributed by atoms with Crippen LogP contribution in [0.15, 0.2) is 36.4 Å². The number of nitrogens with zero attached hydrogens (tertiary/aromatic N) is 2. The fourth-order valence-electron chi connectivity index (χ4n) is 3.83. The summed E-state index contributed by atoms with van der Waals surface area (Å²) in [5, 5.41) is 7.78. The van der Waals surface area contributed by atoms with Gasteiger partial charge in [-0.05, 0) is 43.4 Å². The second-order valence-electron chi connectivity index (χ2n) is 8.33. The van der Waals surface area contributed by atoms with Crippen LogP contribution in [0.25, 0.3) is 5.69 Å². The Hall–Kier alpha value is -2.36. The molecule has 1 aromatic carbocycles. The highest BCUT2D eigenvalue weighted by molar-refractivity contribution is 5.73. The molecule has 1 heterocycles. The van der Waals surface area contributed by atoms with Crippen molar-refractivity contribution in [2.24, 2.45) is 0 Å². The van der Waals surface area contributed by atoms with E-state index in [1.807, 2.05) is 4.68 Å². The van der Waals surface area contributed by atoms with Crippen molar-refractivity contribution in [3.63, 3.8) is 0 Å². The fourth-order valence-corrected chi connectivity index (χ4v) is 3.83. The number of carbonyl (C=O) groups excluding carboxylic acids is 1. The van der Waals surface area contributed by atoms with Gasteiger partial charge in [-0.25, -0.2) is 4.68 Å². The van der Waals surface area contributed by atoms with E-state index in [1.165, 1.54) is 16.8 Å². The van der Waals surface area contributed by atoms with Gasteiger partial charge in [0.05, 0.1) is 11.4 Å². The molecule has 0 unspecified atom stereocenters. The van der Waals surface area contributed by atoms with E-state index in [4.69, 9.17) is 5.10 Å². The third-order valence-corrected chi connectivity index (χ3v) is 5.17. The van der Waals surface area contributed by atoms with Crippen LogP contribution in [0.4, 0.5) is 0 Å². The van der Waals surface area contributed by atoms with Crippen molar-refractivity contribution in [2.75, 3.05) is 0 Å². The molecule has 0 bridgehead atoms. The highest BCUT2D eigenvalue weighted by Gasteiger charge is 2.26. The van der Waals surface area contributed by atoms with Crippen LogP contribution in [-0.2, 0) is 10.2 Å². The molecule has 0 fully saturated rings. The Morgan fingerprint density at radius 1 is 1.15 bits per heavy atom. The van der Waals surface area contributed by atoms with Gasteiger partial charge in [0.25, 0.3) is 0 Å². The van der Waals surface area contributed by atoms with E-state index in [0.29, 0.717) is 5.92 Å². The van der Waals surface area contributed by atoms with E-state index in [1.54, 1.807) is 6.92 Å². The van der Waals surface area contributed by atoms with Crippen LogP contribution in [0.2, 0.25) is 0 Å². The molecule has 26 heavy (non-hydrogen) atoms. The lowest BCUT2D eigenvalue weighted by molar-refractivity contribution is -0.119. The zero-order chi connectivity index (χ0) is 19.1. The molecule has 3 rings (SSSR count). The zero-order valence-electron chi connectivity index (χ0n) is 16.6. The van der Waals surface area contributed by atoms with Gasteiger partial charge in [-0.1, -0.05) is 45.1 Å². The smallest absolute Gasteiger partial charge is 0.217 e. The third-order valence-electron chi connectivity index (χ3n) is 5.17. The minimum atomic E-state index is 0.0170. The Labute approximate surface area is 156 Å². The molecule has 1 aliphatic rings. The maximum Gasteiger partial charge on any atom is 0.217 e. The summed E-state index contributed by atoms with van der Waals surface area (Å²) in [5.41, 5.74) is 6.05. The molecule has 1 aliphatic carbocycles. The first-order chi connectivity index (χ1) is 12.2. The average Bonchev–Trinajstić information content (AvgIpc) is 3.10. The fraction of sp³-hybridized carbons (Fsp3) is 0.455. The summed E-state index contributed by atoms with van der Waals surface area (Å²) in [6, 6.07) is 8.79. The molecule has 4 nitrogen and oxygen atoms in total. The van der Waals surface area contributed by atoms with Gasteiger partial charge < -0.3 is 5.32 Å². The van der Waals surface area contributed by atoms with Crippen LogP contribution in [0.5, 0.6) is 0 Å². The molecule has 0 spiro atoms. The number of allylic oxidation sites excluding steroid dienone is 1. The average molecular weight is 351 g/mol. The number of hydrogen-bond acceptors (Lipinski definition) is 2. The van der Waals surface area contributed by atoms with Gasteiger partial charge in [0.1, 0.15) is 0 Å². The van der Waals surface area contributed by atoms with Crippen LogP contribution < -0.4 is 5.32 Å². The van der Waals surface area contributed by atoms with Crippen LogP contribution >= 0.6 is 0 Å². The van der Waals surface area contributed by atoms with Crippen molar-refractivity contribution in [1.29, 1.82) is 0 Å². The standard InChI is InChI=1S/C22H29N3O/c1-14-21(17-7-10-19(13-17)23-16(3)26)15(2)25(24-14)20-11-8-18(9-12-20)22(4,5)6/h7-12,17,19H,13H2,1-6H3,(H,23,26)/t17-,19-/m1/s1. The summed E-state index contributed by atoms with van der Waals surface area (Å²) < 4.78 is 2.04. The van der Waals surface area contributed by atoms with Gasteiger partial charge in [-0.15, -0.1) is 0 Å². The second-order valence-corrected chi connectivity index (χ2v) is 8.33. The SMILES string of the molecule is CC(=O)N[C@@H]1C=C[C@@H](c2c(C)nn(-c3ccc(C(C)(C)C)cc3)c2C)C1. The summed E-state index contributed by atoms with van der Waals surface area (Å²) in [4.78, 5) is 11.3. The number of carbonyl (C=O) groups is 1. The number of aromatic nitrogens is 2. The zero-order valence-corrected chi connectivity index (χ0v) is 16.6. The van der Waals surface area contributed by atoms with Gasteiger partial charge in [0.2, 0.25) is 5.91 Å². The summed E-state index contributed by atoms with van der Waals surface area (Å²) in [6.07, 6.45) is 5.20. The molecule has 2 atom stereocenters. The first-order valence-corrected chi connectivity index (χ1v) is 9.29. The maximum atomic E-state index is 11.3. The summed E-state index contributed by atoms with van der Waals surface area (Å²) in [6.45, 7) is 12.4. The predicted molar refractivity (Wildman–Crippen MR) is 106 cm³/mol. The molecule has 1 amide bonds. The van der Waals surface area contributed by atoms with Crippen molar-refractivity contribution in [3.05, 3.63) is 58.9 Å². The summed E-state index contributed by atoms with van der Waals surface area (Å²) in [5.74, 6) is 0.317. The van der Waals surface area contributed by atoms with Gasteiger partial charge in [-0.3, -0.25) is 4.79 Å². The number of amides is 1. The van der Waals surface area contributed by atoms with Gasteiger partial charge in [-0.2, -0.15) is 5.10 Å². The molecule has 0 aliphatic heterocycles. The molecule has 138 valence electrons. The summed E-state index contributed by atoms with van der Waals surface area (Å²) in [7, 11) is 0. The van der Waals surface area contributed by atoms with E-state index in [0.717, 1.165) is 17.8 Å². The quantitative estimate of drug-likeness (QED) is 0.837.